The van der Waals surface area contributed by atoms with Crippen LogP contribution in [0.15, 0.2) is 36.7 Å². The lowest BCUT2D eigenvalue weighted by molar-refractivity contribution is -0.140. The summed E-state index contributed by atoms with van der Waals surface area (Å²) >= 11 is 0. The number of fused-ring (bicyclic) bond motifs is 1. The number of rotatable bonds is 3. The van der Waals surface area contributed by atoms with E-state index in [2.05, 4.69) is 26.5 Å². The molecule has 1 saturated carbocycles. The van der Waals surface area contributed by atoms with Crippen molar-refractivity contribution in [3.8, 4) is 12.0 Å². The molecule has 7 nitrogen and oxygen atoms in total. The van der Waals surface area contributed by atoms with Crippen molar-refractivity contribution < 1.29 is 18.0 Å². The number of nitrogens with one attached hydrogen (secondary N) is 1. The number of amides is 1. The van der Waals surface area contributed by atoms with E-state index in [1.807, 2.05) is 0 Å². The van der Waals surface area contributed by atoms with E-state index in [9.17, 15) is 18.0 Å². The molecule has 3 aromatic rings. The van der Waals surface area contributed by atoms with E-state index >= 15 is 0 Å². The molecule has 1 amide bonds. The molecule has 1 aliphatic carbocycles. The molecule has 30 heavy (non-hydrogen) atoms. The van der Waals surface area contributed by atoms with Crippen LogP contribution in [0.25, 0.3) is 16.9 Å². The second kappa shape index (κ2) is 7.74. The molecule has 0 spiro atoms. The van der Waals surface area contributed by atoms with Crippen LogP contribution in [0, 0.1) is 17.2 Å². The molecule has 10 heteroatoms. The molecule has 2 aromatic heterocycles. The van der Waals surface area contributed by atoms with Gasteiger partial charge in [-0.3, -0.25) is 4.79 Å². The van der Waals surface area contributed by atoms with E-state index in [1.54, 1.807) is 6.07 Å². The first-order valence-electron chi connectivity index (χ1n) is 9.44. The predicted molar refractivity (Wildman–Crippen MR) is 100 cm³/mol. The molecule has 1 N–H and O–H groups in total. The number of nitriles is 1. The summed E-state index contributed by atoms with van der Waals surface area (Å²) in [6, 6.07) is 8.16. The Bertz CT molecular complexity index is 1110. The first-order chi connectivity index (χ1) is 14.4. The summed E-state index contributed by atoms with van der Waals surface area (Å²) in [6.45, 7) is 0. The SMILES string of the molecule is N#CC1CCC(NC(=O)c2cnc(-n3nc(C(F)(F)F)c4ccccc43)nc2)CC1. The normalized spacial score (nSPS) is 19.4. The Balaban J connectivity index is 1.54. The fourth-order valence-corrected chi connectivity index (χ4v) is 3.61. The third-order valence-electron chi connectivity index (χ3n) is 5.19. The number of hydrogen-bond donors (Lipinski definition) is 1. The molecule has 2 heterocycles. The third kappa shape index (κ3) is 3.83. The van der Waals surface area contributed by atoms with Crippen molar-refractivity contribution >= 4 is 16.8 Å². The summed E-state index contributed by atoms with van der Waals surface area (Å²) in [5, 5.41) is 15.4. The highest BCUT2D eigenvalue weighted by atomic mass is 19.4. The molecule has 154 valence electrons. The average molecular weight is 414 g/mol. The van der Waals surface area contributed by atoms with E-state index in [-0.39, 0.29) is 40.3 Å². The van der Waals surface area contributed by atoms with Crippen LogP contribution in [-0.2, 0) is 6.18 Å². The highest BCUT2D eigenvalue weighted by Crippen LogP contribution is 2.34. The van der Waals surface area contributed by atoms with Gasteiger partial charge in [0.1, 0.15) is 0 Å². The number of carbonyl (C=O) groups excluding carboxylic acids is 1. The van der Waals surface area contributed by atoms with Crippen molar-refractivity contribution in [3.05, 3.63) is 47.9 Å². The Morgan fingerprint density at radius 2 is 1.80 bits per heavy atom. The summed E-state index contributed by atoms with van der Waals surface area (Å²) in [5.41, 5.74) is -0.596. The zero-order valence-electron chi connectivity index (χ0n) is 15.7. The molecule has 1 fully saturated rings. The molecule has 1 aliphatic rings. The fourth-order valence-electron chi connectivity index (χ4n) is 3.61. The summed E-state index contributed by atoms with van der Waals surface area (Å²) in [6.07, 6.45) is 0.847. The molecule has 0 bridgehead atoms. The van der Waals surface area contributed by atoms with Gasteiger partial charge in [0, 0.05) is 29.7 Å². The molecule has 0 saturated heterocycles. The second-order valence-electron chi connectivity index (χ2n) is 7.20. The first-order valence-corrected chi connectivity index (χ1v) is 9.44. The Labute approximate surface area is 169 Å². The van der Waals surface area contributed by atoms with Crippen molar-refractivity contribution in [1.29, 1.82) is 5.26 Å². The van der Waals surface area contributed by atoms with Gasteiger partial charge in [0.15, 0.2) is 5.69 Å². The molecule has 1 aromatic carbocycles. The van der Waals surface area contributed by atoms with Crippen molar-refractivity contribution in [2.75, 3.05) is 0 Å². The zero-order valence-corrected chi connectivity index (χ0v) is 15.7. The van der Waals surface area contributed by atoms with Crippen molar-refractivity contribution in [2.45, 2.75) is 37.9 Å². The highest BCUT2D eigenvalue weighted by Gasteiger charge is 2.37. The lowest BCUT2D eigenvalue weighted by atomic mass is 9.87. The van der Waals surface area contributed by atoms with E-state index in [0.29, 0.717) is 0 Å². The minimum atomic E-state index is -4.62. The van der Waals surface area contributed by atoms with Crippen LogP contribution < -0.4 is 5.32 Å². The zero-order chi connectivity index (χ0) is 21.3. The van der Waals surface area contributed by atoms with Gasteiger partial charge in [-0.05, 0) is 31.7 Å². The molecule has 0 radical (unpaired) electrons. The smallest absolute Gasteiger partial charge is 0.349 e. The minimum Gasteiger partial charge on any atom is -0.349 e. The average Bonchev–Trinajstić information content (AvgIpc) is 3.15. The maximum Gasteiger partial charge on any atom is 0.435 e. The van der Waals surface area contributed by atoms with Gasteiger partial charge in [-0.2, -0.15) is 28.2 Å². The first kappa shape index (κ1) is 19.8. The van der Waals surface area contributed by atoms with E-state index in [1.165, 1.54) is 30.6 Å². The number of hydrogen-bond acceptors (Lipinski definition) is 5. The van der Waals surface area contributed by atoms with E-state index < -0.39 is 11.9 Å². The molecule has 4 rings (SSSR count). The van der Waals surface area contributed by atoms with Crippen LogP contribution in [-0.4, -0.2) is 31.7 Å². The summed E-state index contributed by atoms with van der Waals surface area (Å²) in [5.74, 6) is -0.387. The molecular formula is C20H17F3N6O. The number of carbonyl (C=O) groups is 1. The van der Waals surface area contributed by atoms with Gasteiger partial charge in [-0.25, -0.2) is 9.97 Å². The van der Waals surface area contributed by atoms with Crippen LogP contribution in [0.2, 0.25) is 0 Å². The summed E-state index contributed by atoms with van der Waals surface area (Å²) in [7, 11) is 0. The van der Waals surface area contributed by atoms with Gasteiger partial charge in [0.05, 0.1) is 17.1 Å². The molecule has 0 unspecified atom stereocenters. The Morgan fingerprint density at radius 3 is 2.43 bits per heavy atom. The minimum absolute atomic E-state index is 0.0221. The number of aromatic nitrogens is 4. The second-order valence-corrected chi connectivity index (χ2v) is 7.20. The fraction of sp³-hybridized carbons (Fsp3) is 0.350. The van der Waals surface area contributed by atoms with Crippen LogP contribution in [0.1, 0.15) is 41.7 Å². The molecule has 0 atom stereocenters. The maximum absolute atomic E-state index is 13.3. The van der Waals surface area contributed by atoms with Gasteiger partial charge >= 0.3 is 6.18 Å². The number of alkyl halides is 3. The summed E-state index contributed by atoms with van der Waals surface area (Å²) in [4.78, 5) is 20.5. The lowest BCUT2D eigenvalue weighted by Gasteiger charge is -2.25. The van der Waals surface area contributed by atoms with Gasteiger partial charge in [0.2, 0.25) is 0 Å². The monoisotopic (exact) mass is 414 g/mol. The topological polar surface area (TPSA) is 96.5 Å². The van der Waals surface area contributed by atoms with Crippen LogP contribution in [0.5, 0.6) is 0 Å². The Kier molecular flexibility index (Phi) is 5.11. The van der Waals surface area contributed by atoms with Gasteiger partial charge in [-0.1, -0.05) is 18.2 Å². The Hall–Kier alpha value is -3.48. The van der Waals surface area contributed by atoms with E-state index in [0.717, 1.165) is 30.4 Å². The number of para-hydroxylation sites is 1. The van der Waals surface area contributed by atoms with Crippen LogP contribution in [0.3, 0.4) is 0 Å². The van der Waals surface area contributed by atoms with E-state index in [4.69, 9.17) is 5.26 Å². The number of halogens is 3. The van der Waals surface area contributed by atoms with Gasteiger partial charge < -0.3 is 5.32 Å². The van der Waals surface area contributed by atoms with Gasteiger partial charge in [0.25, 0.3) is 11.9 Å². The van der Waals surface area contributed by atoms with Crippen molar-refractivity contribution in [3.63, 3.8) is 0 Å². The molecule has 0 aliphatic heterocycles. The quantitative estimate of drug-likeness (QED) is 0.706. The van der Waals surface area contributed by atoms with Gasteiger partial charge in [-0.15, -0.1) is 0 Å². The largest absolute Gasteiger partial charge is 0.435 e. The van der Waals surface area contributed by atoms with Crippen molar-refractivity contribution in [1.82, 2.24) is 25.1 Å². The van der Waals surface area contributed by atoms with Crippen LogP contribution in [0.4, 0.5) is 13.2 Å². The highest BCUT2D eigenvalue weighted by molar-refractivity contribution is 5.93. The Morgan fingerprint density at radius 1 is 1.13 bits per heavy atom. The predicted octanol–water partition coefficient (Wildman–Crippen LogP) is 3.65. The maximum atomic E-state index is 13.3. The lowest BCUT2D eigenvalue weighted by Crippen LogP contribution is -2.37. The van der Waals surface area contributed by atoms with Crippen molar-refractivity contribution in [2.24, 2.45) is 5.92 Å². The number of benzene rings is 1. The standard InChI is InChI=1S/C20H17F3N6O/c21-20(22,23)17-15-3-1-2-4-16(15)29(28-17)19-25-10-13(11-26-19)18(30)27-14-7-5-12(9-24)6-8-14/h1-4,10-12,14H,5-8H2,(H,27,30). The molecular weight excluding hydrogens is 397 g/mol. The van der Waals surface area contributed by atoms with Crippen LogP contribution >= 0.6 is 0 Å². The summed E-state index contributed by atoms with van der Waals surface area (Å²) < 4.78 is 40.9. The number of nitrogens with zero attached hydrogens (tertiary/aromatic N) is 5. The third-order valence-corrected chi connectivity index (χ3v) is 5.19.